The Bertz CT molecular complexity index is 1120. The van der Waals surface area contributed by atoms with Crippen LogP contribution in [0.5, 0.6) is 11.5 Å². The maximum Gasteiger partial charge on any atom is 0.162 e. The van der Waals surface area contributed by atoms with E-state index in [2.05, 4.69) is 68.6 Å². The van der Waals surface area contributed by atoms with E-state index < -0.39 is 0 Å². The van der Waals surface area contributed by atoms with Crippen LogP contribution in [-0.2, 0) is 6.42 Å². The highest BCUT2D eigenvalue weighted by Crippen LogP contribution is 2.39. The first-order valence-corrected chi connectivity index (χ1v) is 11.4. The molecule has 0 saturated carbocycles. The Morgan fingerprint density at radius 2 is 1.78 bits per heavy atom. The number of benzene rings is 3. The molecule has 0 radical (unpaired) electrons. The molecular weight excluding hydrogens is 396 g/mol. The molecule has 166 valence electrons. The van der Waals surface area contributed by atoms with E-state index in [1.165, 1.54) is 16.7 Å². The SMILES string of the molecule is CCOc1cccc([C@H]2CC(c3ccc(CC)cc3)=N[C@H](c3ccc(C)cc3C)N2)c1O. The molecule has 4 rings (SSSR count). The van der Waals surface area contributed by atoms with Crippen molar-refractivity contribution in [1.82, 2.24) is 5.32 Å². The lowest BCUT2D eigenvalue weighted by molar-refractivity contribution is 0.313. The Morgan fingerprint density at radius 3 is 2.47 bits per heavy atom. The molecule has 0 bridgehead atoms. The summed E-state index contributed by atoms with van der Waals surface area (Å²) in [6.07, 6.45) is 1.52. The molecule has 0 amide bonds. The van der Waals surface area contributed by atoms with E-state index in [9.17, 15) is 5.11 Å². The molecule has 0 aliphatic carbocycles. The number of rotatable bonds is 6. The van der Waals surface area contributed by atoms with Crippen LogP contribution in [0.25, 0.3) is 0 Å². The van der Waals surface area contributed by atoms with E-state index in [1.54, 1.807) is 0 Å². The number of nitrogens with one attached hydrogen (secondary N) is 1. The molecule has 0 spiro atoms. The molecule has 0 unspecified atom stereocenters. The lowest BCUT2D eigenvalue weighted by Crippen LogP contribution is -2.33. The molecule has 0 aromatic heterocycles. The Labute approximate surface area is 191 Å². The van der Waals surface area contributed by atoms with Gasteiger partial charge in [-0.15, -0.1) is 0 Å². The second-order valence-electron chi connectivity index (χ2n) is 8.44. The zero-order chi connectivity index (χ0) is 22.7. The van der Waals surface area contributed by atoms with E-state index in [0.29, 0.717) is 18.8 Å². The van der Waals surface area contributed by atoms with Gasteiger partial charge in [-0.2, -0.15) is 0 Å². The van der Waals surface area contributed by atoms with Crippen molar-refractivity contribution in [2.75, 3.05) is 6.61 Å². The number of nitrogens with zero attached hydrogens (tertiary/aromatic N) is 1. The number of hydrogen-bond acceptors (Lipinski definition) is 4. The highest BCUT2D eigenvalue weighted by Gasteiger charge is 2.29. The van der Waals surface area contributed by atoms with Crippen LogP contribution in [0.1, 0.15) is 65.9 Å². The highest BCUT2D eigenvalue weighted by molar-refractivity contribution is 6.01. The van der Waals surface area contributed by atoms with Crippen molar-refractivity contribution in [3.8, 4) is 11.5 Å². The van der Waals surface area contributed by atoms with Crippen LogP contribution in [0.15, 0.2) is 65.7 Å². The van der Waals surface area contributed by atoms with Gasteiger partial charge in [0.05, 0.1) is 6.61 Å². The Morgan fingerprint density at radius 1 is 1.00 bits per heavy atom. The molecule has 0 saturated heterocycles. The summed E-state index contributed by atoms with van der Waals surface area (Å²) < 4.78 is 5.64. The summed E-state index contributed by atoms with van der Waals surface area (Å²) in [5.41, 5.74) is 7.92. The first kappa shape index (κ1) is 22.1. The summed E-state index contributed by atoms with van der Waals surface area (Å²) in [6.45, 7) is 8.83. The quantitative estimate of drug-likeness (QED) is 0.492. The lowest BCUT2D eigenvalue weighted by atomic mass is 9.92. The Kier molecular flexibility index (Phi) is 6.61. The minimum absolute atomic E-state index is 0.0838. The highest BCUT2D eigenvalue weighted by atomic mass is 16.5. The molecule has 2 atom stereocenters. The van der Waals surface area contributed by atoms with E-state index in [-0.39, 0.29) is 18.0 Å². The second-order valence-corrected chi connectivity index (χ2v) is 8.44. The maximum absolute atomic E-state index is 10.9. The minimum atomic E-state index is -0.189. The number of ether oxygens (including phenoxy) is 1. The third kappa shape index (κ3) is 4.56. The van der Waals surface area contributed by atoms with Crippen LogP contribution < -0.4 is 10.1 Å². The third-order valence-electron chi connectivity index (χ3n) is 6.16. The first-order valence-electron chi connectivity index (χ1n) is 11.4. The predicted molar refractivity (Wildman–Crippen MR) is 131 cm³/mol. The number of phenols is 1. The van der Waals surface area contributed by atoms with E-state index >= 15 is 0 Å². The fraction of sp³-hybridized carbons (Fsp3) is 0.321. The van der Waals surface area contributed by atoms with Gasteiger partial charge in [-0.3, -0.25) is 10.3 Å². The van der Waals surface area contributed by atoms with Crippen molar-refractivity contribution in [2.24, 2.45) is 4.99 Å². The van der Waals surface area contributed by atoms with Gasteiger partial charge in [0.25, 0.3) is 0 Å². The summed E-state index contributed by atoms with van der Waals surface area (Å²) in [5, 5.41) is 14.6. The monoisotopic (exact) mass is 428 g/mol. The van der Waals surface area contributed by atoms with Crippen LogP contribution in [-0.4, -0.2) is 17.4 Å². The lowest BCUT2D eigenvalue weighted by Gasteiger charge is -2.32. The second kappa shape index (κ2) is 9.58. The Balaban J connectivity index is 1.77. The summed E-state index contributed by atoms with van der Waals surface area (Å²) in [6, 6.07) is 20.8. The number of aryl methyl sites for hydroxylation is 3. The first-order chi connectivity index (χ1) is 15.5. The number of aliphatic imine (C=N–C) groups is 1. The number of para-hydroxylation sites is 1. The topological polar surface area (TPSA) is 53.8 Å². The van der Waals surface area contributed by atoms with Gasteiger partial charge in [0.2, 0.25) is 0 Å². The third-order valence-corrected chi connectivity index (χ3v) is 6.16. The van der Waals surface area contributed by atoms with Gasteiger partial charge in [0, 0.05) is 23.7 Å². The summed E-state index contributed by atoms with van der Waals surface area (Å²) in [7, 11) is 0. The number of aromatic hydroxyl groups is 1. The molecule has 3 aromatic rings. The molecular formula is C28H32N2O2. The summed E-state index contributed by atoms with van der Waals surface area (Å²) >= 11 is 0. The molecule has 2 N–H and O–H groups in total. The van der Waals surface area contributed by atoms with Gasteiger partial charge in [-0.05, 0) is 55.5 Å². The van der Waals surface area contributed by atoms with Gasteiger partial charge >= 0.3 is 0 Å². The number of phenolic OH excluding ortho intramolecular Hbond substituents is 1. The van der Waals surface area contributed by atoms with Crippen molar-refractivity contribution in [3.05, 3.63) is 94.0 Å². The fourth-order valence-corrected chi connectivity index (χ4v) is 4.40. The maximum atomic E-state index is 10.9. The van der Waals surface area contributed by atoms with Gasteiger partial charge in [-0.1, -0.05) is 67.1 Å². The van der Waals surface area contributed by atoms with Crippen molar-refractivity contribution in [2.45, 2.75) is 52.7 Å². The standard InChI is InChI=1S/C28H32N2O2/c1-5-20-11-13-21(14-12-20)24-17-25(23-8-7-9-26(27(23)31)32-6-2)30-28(29-24)22-15-10-18(3)16-19(22)4/h7-16,25,28,30-31H,5-6,17H2,1-4H3/t25-,28+/m1/s1. The van der Waals surface area contributed by atoms with Crippen molar-refractivity contribution < 1.29 is 9.84 Å². The zero-order valence-corrected chi connectivity index (χ0v) is 19.4. The smallest absolute Gasteiger partial charge is 0.162 e. The summed E-state index contributed by atoms with van der Waals surface area (Å²) in [5.74, 6) is 0.722. The van der Waals surface area contributed by atoms with Gasteiger partial charge in [-0.25, -0.2) is 0 Å². The van der Waals surface area contributed by atoms with Crippen molar-refractivity contribution >= 4 is 5.71 Å². The zero-order valence-electron chi connectivity index (χ0n) is 19.4. The van der Waals surface area contributed by atoms with Crippen LogP contribution in [0.4, 0.5) is 0 Å². The predicted octanol–water partition coefficient (Wildman–Crippen LogP) is 6.19. The van der Waals surface area contributed by atoms with Crippen molar-refractivity contribution in [1.29, 1.82) is 0 Å². The molecule has 1 aliphatic heterocycles. The normalized spacial score (nSPS) is 18.3. The average molecular weight is 429 g/mol. The molecule has 4 nitrogen and oxygen atoms in total. The Hall–Kier alpha value is -3.11. The fourth-order valence-electron chi connectivity index (χ4n) is 4.40. The molecule has 32 heavy (non-hydrogen) atoms. The van der Waals surface area contributed by atoms with Crippen molar-refractivity contribution in [3.63, 3.8) is 0 Å². The average Bonchev–Trinajstić information content (AvgIpc) is 2.80. The molecule has 1 heterocycles. The van der Waals surface area contributed by atoms with E-state index in [0.717, 1.165) is 28.8 Å². The van der Waals surface area contributed by atoms with Crippen LogP contribution in [0.3, 0.4) is 0 Å². The van der Waals surface area contributed by atoms with Gasteiger partial charge < -0.3 is 9.84 Å². The van der Waals surface area contributed by atoms with E-state index in [1.807, 2.05) is 25.1 Å². The molecule has 0 fully saturated rings. The molecule has 3 aromatic carbocycles. The van der Waals surface area contributed by atoms with Crippen LogP contribution in [0.2, 0.25) is 0 Å². The van der Waals surface area contributed by atoms with Gasteiger partial charge in [0.15, 0.2) is 11.5 Å². The van der Waals surface area contributed by atoms with E-state index in [4.69, 9.17) is 9.73 Å². The molecule has 4 heteroatoms. The summed E-state index contributed by atoms with van der Waals surface area (Å²) in [4.78, 5) is 5.13. The van der Waals surface area contributed by atoms with Crippen LogP contribution in [0, 0.1) is 13.8 Å². The minimum Gasteiger partial charge on any atom is -0.504 e. The van der Waals surface area contributed by atoms with Gasteiger partial charge in [0.1, 0.15) is 6.17 Å². The van der Waals surface area contributed by atoms with Crippen LogP contribution >= 0.6 is 0 Å². The largest absolute Gasteiger partial charge is 0.504 e. The molecule has 1 aliphatic rings. The number of hydrogen-bond donors (Lipinski definition) is 2.